The fourth-order valence-corrected chi connectivity index (χ4v) is 2.43. The number of amides is 1. The van der Waals surface area contributed by atoms with Gasteiger partial charge in [0.2, 0.25) is 5.91 Å². The number of hydrogen-bond acceptors (Lipinski definition) is 5. The number of aromatic nitrogens is 4. The van der Waals surface area contributed by atoms with Crippen molar-refractivity contribution in [3.8, 4) is 0 Å². The third-order valence-corrected chi connectivity index (χ3v) is 3.63. The molecule has 1 atom stereocenters. The molecule has 0 aromatic carbocycles. The van der Waals surface area contributed by atoms with E-state index >= 15 is 0 Å². The van der Waals surface area contributed by atoms with E-state index < -0.39 is 0 Å². The van der Waals surface area contributed by atoms with Crippen LogP contribution >= 0.6 is 11.3 Å². The molecule has 2 heterocycles. The Hall–Kier alpha value is -1.76. The van der Waals surface area contributed by atoms with E-state index in [1.807, 2.05) is 30.8 Å². The number of nitrogens with one attached hydrogen (secondary N) is 1. The van der Waals surface area contributed by atoms with Crippen LogP contribution in [0.1, 0.15) is 35.9 Å². The van der Waals surface area contributed by atoms with Crippen LogP contribution in [-0.2, 0) is 18.3 Å². The van der Waals surface area contributed by atoms with Crippen molar-refractivity contribution in [3.63, 3.8) is 0 Å². The van der Waals surface area contributed by atoms with Crippen LogP contribution in [0.2, 0.25) is 0 Å². The zero-order valence-electron chi connectivity index (χ0n) is 11.3. The van der Waals surface area contributed by atoms with Gasteiger partial charge in [0.05, 0.1) is 16.7 Å². The molecule has 0 radical (unpaired) electrons. The Morgan fingerprint density at radius 3 is 2.95 bits per heavy atom. The molecule has 0 spiro atoms. The van der Waals surface area contributed by atoms with Gasteiger partial charge in [-0.3, -0.25) is 4.79 Å². The van der Waals surface area contributed by atoms with E-state index in [0.29, 0.717) is 12.8 Å². The summed E-state index contributed by atoms with van der Waals surface area (Å²) in [6.45, 7) is 3.89. The van der Waals surface area contributed by atoms with Gasteiger partial charge in [0.25, 0.3) is 0 Å². The normalized spacial score (nSPS) is 12.4. The van der Waals surface area contributed by atoms with E-state index in [-0.39, 0.29) is 11.9 Å². The van der Waals surface area contributed by atoms with Gasteiger partial charge in [0.1, 0.15) is 12.2 Å². The molecular weight excluding hydrogens is 262 g/mol. The summed E-state index contributed by atoms with van der Waals surface area (Å²) in [5.74, 6) is 0.813. The SMILES string of the molecule is Cc1nc([C@H](C)NC(=O)CCc2nncn2C)cs1. The zero-order valence-corrected chi connectivity index (χ0v) is 12.1. The minimum absolute atomic E-state index is 0.00107. The first-order valence-corrected chi connectivity index (χ1v) is 6.98. The first kappa shape index (κ1) is 13.7. The Bertz CT molecular complexity index is 562. The molecule has 1 amide bonds. The number of thiazole rings is 1. The van der Waals surface area contributed by atoms with Crippen LogP contribution in [-0.4, -0.2) is 25.7 Å². The monoisotopic (exact) mass is 279 g/mol. The minimum Gasteiger partial charge on any atom is -0.348 e. The molecule has 2 aromatic rings. The Balaban J connectivity index is 1.83. The van der Waals surface area contributed by atoms with E-state index in [4.69, 9.17) is 0 Å². The van der Waals surface area contributed by atoms with E-state index in [2.05, 4.69) is 20.5 Å². The second-order valence-electron chi connectivity index (χ2n) is 4.44. The van der Waals surface area contributed by atoms with E-state index in [1.54, 1.807) is 17.7 Å². The molecule has 0 aliphatic rings. The maximum atomic E-state index is 11.8. The Labute approximate surface area is 115 Å². The summed E-state index contributed by atoms with van der Waals surface area (Å²) in [6.07, 6.45) is 2.62. The van der Waals surface area contributed by atoms with Crippen LogP contribution in [0, 0.1) is 6.92 Å². The predicted octanol–water partition coefficient (Wildman–Crippen LogP) is 1.39. The topological polar surface area (TPSA) is 72.7 Å². The van der Waals surface area contributed by atoms with Crippen LogP contribution < -0.4 is 5.32 Å². The van der Waals surface area contributed by atoms with Gasteiger partial charge < -0.3 is 9.88 Å². The molecule has 6 nitrogen and oxygen atoms in total. The van der Waals surface area contributed by atoms with Crippen molar-refractivity contribution in [3.05, 3.63) is 28.2 Å². The molecule has 0 bridgehead atoms. The van der Waals surface area contributed by atoms with E-state index in [0.717, 1.165) is 16.5 Å². The Kier molecular flexibility index (Phi) is 4.26. The number of hydrogen-bond donors (Lipinski definition) is 1. The van der Waals surface area contributed by atoms with Crippen molar-refractivity contribution < 1.29 is 4.79 Å². The number of carbonyl (C=O) groups is 1. The predicted molar refractivity (Wildman–Crippen MR) is 72.7 cm³/mol. The Morgan fingerprint density at radius 2 is 2.37 bits per heavy atom. The molecule has 19 heavy (non-hydrogen) atoms. The van der Waals surface area contributed by atoms with E-state index in [1.165, 1.54) is 0 Å². The second kappa shape index (κ2) is 5.92. The van der Waals surface area contributed by atoms with Crippen molar-refractivity contribution in [2.75, 3.05) is 0 Å². The smallest absolute Gasteiger partial charge is 0.220 e. The van der Waals surface area contributed by atoms with Crippen molar-refractivity contribution in [1.29, 1.82) is 0 Å². The molecule has 0 aliphatic carbocycles. The molecule has 0 saturated carbocycles. The quantitative estimate of drug-likeness (QED) is 0.897. The molecule has 2 rings (SSSR count). The van der Waals surface area contributed by atoms with E-state index in [9.17, 15) is 4.79 Å². The van der Waals surface area contributed by atoms with Gasteiger partial charge in [0.15, 0.2) is 0 Å². The van der Waals surface area contributed by atoms with Gasteiger partial charge in [-0.15, -0.1) is 21.5 Å². The van der Waals surface area contributed by atoms with Crippen molar-refractivity contribution in [1.82, 2.24) is 25.1 Å². The van der Waals surface area contributed by atoms with Crippen molar-refractivity contribution in [2.45, 2.75) is 32.7 Å². The molecule has 0 aliphatic heterocycles. The highest BCUT2D eigenvalue weighted by molar-refractivity contribution is 7.09. The second-order valence-corrected chi connectivity index (χ2v) is 5.50. The molecule has 0 unspecified atom stereocenters. The molecular formula is C12H17N5OS. The van der Waals surface area contributed by atoms with Crippen LogP contribution in [0.5, 0.6) is 0 Å². The lowest BCUT2D eigenvalue weighted by Crippen LogP contribution is -2.27. The fraction of sp³-hybridized carbons (Fsp3) is 0.500. The average Bonchev–Trinajstić information content (AvgIpc) is 2.95. The van der Waals surface area contributed by atoms with Gasteiger partial charge in [0, 0.05) is 25.3 Å². The molecule has 1 N–H and O–H groups in total. The maximum Gasteiger partial charge on any atom is 0.220 e. The number of nitrogens with zero attached hydrogens (tertiary/aromatic N) is 4. The number of carbonyl (C=O) groups excluding carboxylic acids is 1. The zero-order chi connectivity index (χ0) is 13.8. The maximum absolute atomic E-state index is 11.8. The van der Waals surface area contributed by atoms with Gasteiger partial charge >= 0.3 is 0 Å². The van der Waals surface area contributed by atoms with Crippen LogP contribution in [0.15, 0.2) is 11.7 Å². The highest BCUT2D eigenvalue weighted by Crippen LogP contribution is 2.15. The molecule has 2 aromatic heterocycles. The van der Waals surface area contributed by atoms with Crippen LogP contribution in [0.3, 0.4) is 0 Å². The number of rotatable bonds is 5. The summed E-state index contributed by atoms with van der Waals surface area (Å²) in [7, 11) is 1.87. The number of aryl methyl sites for hydroxylation is 3. The van der Waals surface area contributed by atoms with Crippen molar-refractivity contribution >= 4 is 17.2 Å². The summed E-state index contributed by atoms with van der Waals surface area (Å²) < 4.78 is 1.82. The van der Waals surface area contributed by atoms with Crippen LogP contribution in [0.25, 0.3) is 0 Å². The van der Waals surface area contributed by atoms with Gasteiger partial charge in [-0.1, -0.05) is 0 Å². The average molecular weight is 279 g/mol. The van der Waals surface area contributed by atoms with Crippen molar-refractivity contribution in [2.24, 2.45) is 7.05 Å². The molecule has 7 heteroatoms. The first-order valence-electron chi connectivity index (χ1n) is 6.10. The lowest BCUT2D eigenvalue weighted by molar-refractivity contribution is -0.121. The summed E-state index contributed by atoms with van der Waals surface area (Å²) in [4.78, 5) is 16.2. The van der Waals surface area contributed by atoms with Gasteiger partial charge in [-0.05, 0) is 13.8 Å². The third kappa shape index (κ3) is 3.60. The highest BCUT2D eigenvalue weighted by Gasteiger charge is 2.13. The van der Waals surface area contributed by atoms with Gasteiger partial charge in [-0.2, -0.15) is 0 Å². The van der Waals surface area contributed by atoms with Crippen LogP contribution in [0.4, 0.5) is 0 Å². The fourth-order valence-electron chi connectivity index (χ4n) is 1.73. The Morgan fingerprint density at radius 1 is 1.58 bits per heavy atom. The summed E-state index contributed by atoms with van der Waals surface area (Å²) in [5.41, 5.74) is 0.912. The largest absolute Gasteiger partial charge is 0.348 e. The minimum atomic E-state index is -0.0584. The summed E-state index contributed by atoms with van der Waals surface area (Å²) in [6, 6.07) is -0.0584. The third-order valence-electron chi connectivity index (χ3n) is 2.84. The first-order chi connectivity index (χ1) is 9.06. The lowest BCUT2D eigenvalue weighted by Gasteiger charge is -2.11. The molecule has 0 saturated heterocycles. The lowest BCUT2D eigenvalue weighted by atomic mass is 10.2. The highest BCUT2D eigenvalue weighted by atomic mass is 32.1. The standard InChI is InChI=1S/C12H17N5OS/c1-8(10-6-19-9(2)15-10)14-12(18)5-4-11-16-13-7-17(11)3/h6-8H,4-5H2,1-3H3,(H,14,18)/t8-/m0/s1. The summed E-state index contributed by atoms with van der Waals surface area (Å²) >= 11 is 1.59. The summed E-state index contributed by atoms with van der Waals surface area (Å²) in [5, 5.41) is 13.7. The molecule has 102 valence electrons. The van der Waals surface area contributed by atoms with Gasteiger partial charge in [-0.25, -0.2) is 4.98 Å². The molecule has 0 fully saturated rings.